The highest BCUT2D eigenvalue weighted by molar-refractivity contribution is 7.47. The van der Waals surface area contributed by atoms with E-state index < -0.39 is 8.45 Å². The summed E-state index contributed by atoms with van der Waals surface area (Å²) >= 11 is 0. The summed E-state index contributed by atoms with van der Waals surface area (Å²) in [5.74, 6) is 0.902. The van der Waals surface area contributed by atoms with Crippen molar-refractivity contribution in [3.8, 4) is 5.75 Å². The molecule has 5 heteroatoms. The molecule has 0 aliphatic heterocycles. The summed E-state index contributed by atoms with van der Waals surface area (Å²) in [7, 11) is 5.37. The number of ether oxygens (including phenoxy) is 1. The third kappa shape index (κ3) is 5.90. The SMILES string of the molecule is COc1ccc(COP(N(C)C)N(C2CCCCC2)C2CCCCC2)cc1. The standard InChI is InChI=1S/C22H37N2O2P/c1-23(2)27(26-18-19-14-16-22(25-3)17-15-19)24(20-10-6-4-7-11-20)21-12-8-5-9-13-21/h14-17,20-21H,4-13,18H2,1-3H3. The lowest BCUT2D eigenvalue weighted by atomic mass is 9.91. The third-order valence-corrected chi connectivity index (χ3v) is 8.04. The van der Waals surface area contributed by atoms with E-state index in [0.29, 0.717) is 18.7 Å². The molecule has 0 bridgehead atoms. The van der Waals surface area contributed by atoms with Crippen molar-refractivity contribution in [2.45, 2.75) is 82.9 Å². The molecule has 0 saturated heterocycles. The minimum Gasteiger partial charge on any atom is -0.497 e. The van der Waals surface area contributed by atoms with Gasteiger partial charge in [0.25, 0.3) is 0 Å². The Morgan fingerprint density at radius 3 is 1.81 bits per heavy atom. The molecule has 0 amide bonds. The Bertz CT molecular complexity index is 522. The highest BCUT2D eigenvalue weighted by Crippen LogP contribution is 2.51. The highest BCUT2D eigenvalue weighted by atomic mass is 31.2. The first-order chi connectivity index (χ1) is 13.2. The number of hydrogen-bond acceptors (Lipinski definition) is 4. The van der Waals surface area contributed by atoms with E-state index in [4.69, 9.17) is 9.26 Å². The van der Waals surface area contributed by atoms with Crippen LogP contribution in [0.5, 0.6) is 5.75 Å². The van der Waals surface area contributed by atoms with Gasteiger partial charge in [0.2, 0.25) is 0 Å². The van der Waals surface area contributed by atoms with Crippen LogP contribution in [0.1, 0.15) is 69.8 Å². The third-order valence-electron chi connectivity index (χ3n) is 5.94. The summed E-state index contributed by atoms with van der Waals surface area (Å²) in [6.07, 6.45) is 13.7. The van der Waals surface area contributed by atoms with Crippen LogP contribution in [0.2, 0.25) is 0 Å². The molecule has 4 nitrogen and oxygen atoms in total. The second-order valence-corrected chi connectivity index (χ2v) is 10.2. The predicted octanol–water partition coefficient (Wildman–Crippen LogP) is 5.97. The molecule has 27 heavy (non-hydrogen) atoms. The molecular weight excluding hydrogens is 355 g/mol. The van der Waals surface area contributed by atoms with Gasteiger partial charge in [0.15, 0.2) is 8.45 Å². The smallest absolute Gasteiger partial charge is 0.188 e. The molecule has 152 valence electrons. The summed E-state index contributed by atoms with van der Waals surface area (Å²) in [4.78, 5) is 0. The maximum absolute atomic E-state index is 6.61. The molecule has 2 fully saturated rings. The van der Waals surface area contributed by atoms with Crippen LogP contribution in [0, 0.1) is 0 Å². The zero-order valence-electron chi connectivity index (χ0n) is 17.4. The maximum atomic E-state index is 6.61. The van der Waals surface area contributed by atoms with Crippen LogP contribution < -0.4 is 4.74 Å². The van der Waals surface area contributed by atoms with E-state index in [0.717, 1.165) is 5.75 Å². The molecule has 0 aromatic heterocycles. The first kappa shape index (κ1) is 21.0. The Morgan fingerprint density at radius 2 is 1.37 bits per heavy atom. The molecule has 1 atom stereocenters. The summed E-state index contributed by atoms with van der Waals surface area (Å²) < 4.78 is 17.0. The zero-order valence-corrected chi connectivity index (χ0v) is 18.3. The Morgan fingerprint density at radius 1 is 0.852 bits per heavy atom. The summed E-state index contributed by atoms with van der Waals surface area (Å²) in [5.41, 5.74) is 1.22. The van der Waals surface area contributed by atoms with E-state index in [1.54, 1.807) is 7.11 Å². The van der Waals surface area contributed by atoms with Crippen LogP contribution in [0.15, 0.2) is 24.3 Å². The van der Waals surface area contributed by atoms with Gasteiger partial charge in [-0.3, -0.25) is 4.67 Å². The molecule has 2 aliphatic carbocycles. The molecule has 1 aromatic carbocycles. The van der Waals surface area contributed by atoms with Crippen LogP contribution in [0.25, 0.3) is 0 Å². The number of benzene rings is 1. The van der Waals surface area contributed by atoms with Crippen molar-refractivity contribution in [2.24, 2.45) is 0 Å². The molecular formula is C22H37N2O2P. The second-order valence-electron chi connectivity index (χ2n) is 8.19. The zero-order chi connectivity index (χ0) is 19.1. The van der Waals surface area contributed by atoms with Crippen molar-refractivity contribution in [3.63, 3.8) is 0 Å². The molecule has 0 spiro atoms. The highest BCUT2D eigenvalue weighted by Gasteiger charge is 2.36. The number of nitrogens with zero attached hydrogens (tertiary/aromatic N) is 2. The van der Waals surface area contributed by atoms with Gasteiger partial charge in [0.1, 0.15) is 5.75 Å². The van der Waals surface area contributed by atoms with Gasteiger partial charge in [-0.15, -0.1) is 0 Å². The van der Waals surface area contributed by atoms with Gasteiger partial charge in [-0.05, 0) is 57.5 Å². The fourth-order valence-corrected chi connectivity index (χ4v) is 6.57. The minimum atomic E-state index is -0.728. The molecule has 2 aliphatic rings. The van der Waals surface area contributed by atoms with E-state index in [9.17, 15) is 0 Å². The van der Waals surface area contributed by atoms with Crippen LogP contribution >= 0.6 is 8.45 Å². The minimum absolute atomic E-state index is 0.670. The maximum Gasteiger partial charge on any atom is 0.188 e. The van der Waals surface area contributed by atoms with Gasteiger partial charge in [-0.2, -0.15) is 0 Å². The van der Waals surface area contributed by atoms with Gasteiger partial charge in [0, 0.05) is 12.1 Å². The lowest BCUT2D eigenvalue weighted by molar-refractivity contribution is 0.141. The Kier molecular flexibility index (Phi) is 8.39. The molecule has 1 aromatic rings. The van der Waals surface area contributed by atoms with Gasteiger partial charge in [-0.1, -0.05) is 50.7 Å². The van der Waals surface area contributed by atoms with Crippen LogP contribution in [0.4, 0.5) is 0 Å². The normalized spacial score (nSPS) is 20.9. The first-order valence-corrected chi connectivity index (χ1v) is 11.9. The van der Waals surface area contributed by atoms with Gasteiger partial charge >= 0.3 is 0 Å². The monoisotopic (exact) mass is 392 g/mol. The molecule has 2 saturated carbocycles. The summed E-state index contributed by atoms with van der Waals surface area (Å²) in [6, 6.07) is 9.69. The van der Waals surface area contributed by atoms with Crippen molar-refractivity contribution >= 4 is 8.45 Å². The van der Waals surface area contributed by atoms with E-state index in [2.05, 4.69) is 35.6 Å². The number of rotatable bonds is 8. The van der Waals surface area contributed by atoms with Gasteiger partial charge in [0.05, 0.1) is 13.7 Å². The lowest BCUT2D eigenvalue weighted by Gasteiger charge is -2.46. The van der Waals surface area contributed by atoms with Crippen LogP contribution in [0.3, 0.4) is 0 Å². The van der Waals surface area contributed by atoms with Crippen LogP contribution in [-0.2, 0) is 11.1 Å². The Balaban J connectivity index is 1.72. The van der Waals surface area contributed by atoms with Crippen molar-refractivity contribution in [1.82, 2.24) is 9.34 Å². The van der Waals surface area contributed by atoms with Crippen LogP contribution in [-0.4, -0.2) is 42.6 Å². The molecule has 3 rings (SSSR count). The average Bonchev–Trinajstić information content (AvgIpc) is 2.72. The quantitative estimate of drug-likeness (QED) is 0.509. The summed E-state index contributed by atoms with van der Waals surface area (Å²) in [6.45, 7) is 0.670. The predicted molar refractivity (Wildman–Crippen MR) is 114 cm³/mol. The largest absolute Gasteiger partial charge is 0.497 e. The number of methoxy groups -OCH3 is 1. The number of hydrogen-bond donors (Lipinski definition) is 0. The molecule has 0 radical (unpaired) electrons. The molecule has 1 unspecified atom stereocenters. The Labute approximate surface area is 167 Å². The van der Waals surface area contributed by atoms with E-state index in [1.807, 2.05) is 12.1 Å². The molecule has 0 heterocycles. The van der Waals surface area contributed by atoms with Gasteiger partial charge < -0.3 is 9.26 Å². The summed E-state index contributed by atoms with van der Waals surface area (Å²) in [5, 5.41) is 0. The van der Waals surface area contributed by atoms with E-state index in [-0.39, 0.29) is 0 Å². The van der Waals surface area contributed by atoms with Crippen molar-refractivity contribution in [2.75, 3.05) is 21.2 Å². The average molecular weight is 393 g/mol. The van der Waals surface area contributed by atoms with E-state index >= 15 is 0 Å². The Hall–Kier alpha value is -0.670. The molecule has 0 N–H and O–H groups in total. The first-order valence-electron chi connectivity index (χ1n) is 10.7. The lowest BCUT2D eigenvalue weighted by Crippen LogP contribution is -2.44. The van der Waals surface area contributed by atoms with Gasteiger partial charge in [-0.25, -0.2) is 4.67 Å². The fourth-order valence-electron chi connectivity index (χ4n) is 4.51. The van der Waals surface area contributed by atoms with Crippen molar-refractivity contribution in [3.05, 3.63) is 29.8 Å². The van der Waals surface area contributed by atoms with E-state index in [1.165, 1.54) is 69.8 Å². The fraction of sp³-hybridized carbons (Fsp3) is 0.727. The topological polar surface area (TPSA) is 24.9 Å². The van der Waals surface area contributed by atoms with Crippen molar-refractivity contribution < 1.29 is 9.26 Å². The van der Waals surface area contributed by atoms with Crippen molar-refractivity contribution in [1.29, 1.82) is 0 Å². The second kappa shape index (κ2) is 10.8.